The molecule has 2 aromatic heterocycles. The normalized spacial score (nSPS) is 14.8. The predicted octanol–water partition coefficient (Wildman–Crippen LogP) is 11.9. The van der Waals surface area contributed by atoms with Crippen LogP contribution in [0.2, 0.25) is 10.0 Å². The van der Waals surface area contributed by atoms with E-state index >= 15 is 0 Å². The molecule has 8 rings (SSSR count). The van der Waals surface area contributed by atoms with Gasteiger partial charge in [-0.1, -0.05) is 83.9 Å². The number of hydrogen-bond acceptors (Lipinski definition) is 8. The van der Waals surface area contributed by atoms with E-state index in [0.717, 1.165) is 155 Å². The summed E-state index contributed by atoms with van der Waals surface area (Å²) in [7, 11) is 0. The summed E-state index contributed by atoms with van der Waals surface area (Å²) in [5.41, 5.74) is 24.1. The molecule has 0 aliphatic carbocycles. The second kappa shape index (κ2) is 22.9. The zero-order chi connectivity index (χ0) is 46.6. The van der Waals surface area contributed by atoms with E-state index in [1.54, 1.807) is 6.07 Å². The first kappa shape index (κ1) is 48.6. The highest BCUT2D eigenvalue weighted by atomic mass is 35.5. The van der Waals surface area contributed by atoms with Crippen molar-refractivity contribution in [3.05, 3.63) is 154 Å². The van der Waals surface area contributed by atoms with Gasteiger partial charge >= 0.3 is 6.18 Å². The van der Waals surface area contributed by atoms with E-state index in [0.29, 0.717) is 15.7 Å². The molecule has 348 valence electrons. The number of piperazine rings is 2. The van der Waals surface area contributed by atoms with E-state index in [4.69, 9.17) is 34.7 Å². The molecule has 0 radical (unpaired) electrons. The van der Waals surface area contributed by atoms with Crippen molar-refractivity contribution in [2.75, 3.05) is 86.7 Å². The van der Waals surface area contributed by atoms with Crippen LogP contribution in [0.15, 0.2) is 116 Å². The summed E-state index contributed by atoms with van der Waals surface area (Å²) < 4.78 is 39.0. The van der Waals surface area contributed by atoms with Gasteiger partial charge in [0.2, 0.25) is 0 Å². The van der Waals surface area contributed by atoms with Crippen molar-refractivity contribution in [3.8, 4) is 22.3 Å². The lowest BCUT2D eigenvalue weighted by Crippen LogP contribution is -2.46. The first-order chi connectivity index (χ1) is 31.8. The summed E-state index contributed by atoms with van der Waals surface area (Å²) in [6.07, 6.45) is 5.55. The zero-order valence-corrected chi connectivity index (χ0v) is 39.5. The molecule has 4 heterocycles. The van der Waals surface area contributed by atoms with Gasteiger partial charge in [0.25, 0.3) is 0 Å². The first-order valence-corrected chi connectivity index (χ1v) is 23.8. The van der Waals surface area contributed by atoms with E-state index in [2.05, 4.69) is 81.0 Å². The van der Waals surface area contributed by atoms with E-state index in [1.165, 1.54) is 28.8 Å². The number of nitrogens with two attached hydrogens (primary N) is 2. The number of halogens is 5. The quantitative estimate of drug-likeness (QED) is 0.104. The van der Waals surface area contributed by atoms with Crippen LogP contribution >= 0.6 is 23.2 Å². The molecule has 2 saturated heterocycles. The minimum absolute atomic E-state index is 0.591. The summed E-state index contributed by atoms with van der Waals surface area (Å²) >= 11 is 12.6. The maximum atomic E-state index is 13.0. The minimum atomic E-state index is -4.31. The van der Waals surface area contributed by atoms with E-state index in [1.807, 2.05) is 53.7 Å². The van der Waals surface area contributed by atoms with Crippen molar-refractivity contribution in [3.63, 3.8) is 0 Å². The fourth-order valence-corrected chi connectivity index (χ4v) is 9.25. The second-order valence-corrected chi connectivity index (χ2v) is 18.1. The van der Waals surface area contributed by atoms with Gasteiger partial charge < -0.3 is 21.3 Å². The Kier molecular flexibility index (Phi) is 16.9. The monoisotopic (exact) mass is 936 g/mol. The Morgan fingerprint density at radius 2 is 1.05 bits per heavy atom. The van der Waals surface area contributed by atoms with Gasteiger partial charge in [0.15, 0.2) is 0 Å². The van der Waals surface area contributed by atoms with Crippen molar-refractivity contribution in [2.24, 2.45) is 0 Å². The van der Waals surface area contributed by atoms with Crippen LogP contribution in [-0.2, 0) is 19.0 Å². The van der Waals surface area contributed by atoms with Crippen LogP contribution in [-0.4, -0.2) is 85.2 Å². The molecular formula is C53H61Cl2F3N8. The van der Waals surface area contributed by atoms with Gasteiger partial charge in [0.1, 0.15) is 0 Å². The Balaban J connectivity index is 0.000000197. The molecule has 0 spiro atoms. The van der Waals surface area contributed by atoms with Gasteiger partial charge in [0, 0.05) is 81.6 Å². The summed E-state index contributed by atoms with van der Waals surface area (Å²) in [5, 5.41) is 1.27. The Bertz CT molecular complexity index is 2520. The SMILES string of the molecule is Cc1ccccc1-c1cnc(CCCCN2CCN(c3cccc(C(F)(F)F)c3)CC2)c(N)c1.Cc1ccccc1-c1cnc(CCCCN2CCN(c3cccc(Cl)c3Cl)CC2)c(N)c1. The van der Waals surface area contributed by atoms with Crippen molar-refractivity contribution < 1.29 is 13.2 Å². The van der Waals surface area contributed by atoms with E-state index in [9.17, 15) is 13.2 Å². The van der Waals surface area contributed by atoms with Gasteiger partial charge in [0.05, 0.1) is 44.1 Å². The average Bonchev–Trinajstić information content (AvgIpc) is 3.32. The highest BCUT2D eigenvalue weighted by molar-refractivity contribution is 6.43. The molecule has 6 aromatic rings. The van der Waals surface area contributed by atoms with Gasteiger partial charge in [-0.15, -0.1) is 0 Å². The predicted molar refractivity (Wildman–Crippen MR) is 269 cm³/mol. The van der Waals surface area contributed by atoms with Gasteiger partial charge in [-0.3, -0.25) is 19.8 Å². The molecule has 0 amide bonds. The third-order valence-electron chi connectivity index (χ3n) is 12.8. The summed E-state index contributed by atoms with van der Waals surface area (Å²) in [6, 6.07) is 32.1. The van der Waals surface area contributed by atoms with E-state index in [-0.39, 0.29) is 0 Å². The Morgan fingerprint density at radius 3 is 1.53 bits per heavy atom. The van der Waals surface area contributed by atoms with Crippen LogP contribution in [0.25, 0.3) is 22.3 Å². The van der Waals surface area contributed by atoms with Crippen LogP contribution in [0.5, 0.6) is 0 Å². The van der Waals surface area contributed by atoms with Crippen LogP contribution in [0, 0.1) is 13.8 Å². The maximum Gasteiger partial charge on any atom is 0.416 e. The lowest BCUT2D eigenvalue weighted by molar-refractivity contribution is -0.137. The fourth-order valence-electron chi connectivity index (χ4n) is 8.84. The van der Waals surface area contributed by atoms with Gasteiger partial charge in [-0.2, -0.15) is 13.2 Å². The number of nitrogens with zero attached hydrogens (tertiary/aromatic N) is 6. The molecule has 2 aliphatic heterocycles. The van der Waals surface area contributed by atoms with Crippen molar-refractivity contribution >= 4 is 46.0 Å². The Morgan fingerprint density at radius 1 is 0.561 bits per heavy atom. The third kappa shape index (κ3) is 13.0. The zero-order valence-electron chi connectivity index (χ0n) is 38.0. The molecule has 66 heavy (non-hydrogen) atoms. The Labute approximate surface area is 398 Å². The number of aromatic nitrogens is 2. The molecule has 2 fully saturated rings. The van der Waals surface area contributed by atoms with Crippen LogP contribution in [0.3, 0.4) is 0 Å². The molecule has 8 nitrogen and oxygen atoms in total. The highest BCUT2D eigenvalue weighted by Gasteiger charge is 2.31. The fraction of sp³-hybridized carbons (Fsp3) is 0.358. The van der Waals surface area contributed by atoms with Crippen molar-refractivity contribution in [1.82, 2.24) is 19.8 Å². The topological polar surface area (TPSA) is 90.8 Å². The molecule has 0 saturated carbocycles. The van der Waals surface area contributed by atoms with Crippen LogP contribution in [0.4, 0.5) is 35.9 Å². The lowest BCUT2D eigenvalue weighted by Gasteiger charge is -2.36. The van der Waals surface area contributed by atoms with Crippen LogP contribution < -0.4 is 21.3 Å². The standard InChI is InChI=1S/C27H31F3N4.C26H30Cl2N4/c1-20-7-2-3-10-24(20)21-17-25(31)26(32-19-21)11-4-5-12-33-13-15-34(16-14-33)23-9-6-8-22(18-23)27(28,29)30;1-19-7-2-3-8-21(19)20-17-23(29)24(30-18-20)10-4-5-12-31-13-15-32(16-14-31)25-11-6-9-22(27)26(25)28/h2-3,6-10,17-19H,4-5,11-16,31H2,1H3;2-3,6-9,11,17-18H,4-5,10,12-16,29H2,1H3. The van der Waals surface area contributed by atoms with Gasteiger partial charge in [-0.05, 0) is 130 Å². The van der Waals surface area contributed by atoms with Crippen LogP contribution in [0.1, 0.15) is 53.8 Å². The number of aryl methyl sites for hydroxylation is 4. The molecule has 0 atom stereocenters. The summed E-state index contributed by atoms with van der Waals surface area (Å²) in [4.78, 5) is 18.5. The molecule has 4 aromatic carbocycles. The molecular weight excluding hydrogens is 877 g/mol. The number of hydrogen-bond donors (Lipinski definition) is 2. The van der Waals surface area contributed by atoms with E-state index < -0.39 is 11.7 Å². The van der Waals surface area contributed by atoms with Gasteiger partial charge in [-0.25, -0.2) is 0 Å². The minimum Gasteiger partial charge on any atom is -0.397 e. The molecule has 0 bridgehead atoms. The number of pyridine rings is 2. The van der Waals surface area contributed by atoms with Crippen molar-refractivity contribution in [2.45, 2.75) is 58.5 Å². The molecule has 4 N–H and O–H groups in total. The largest absolute Gasteiger partial charge is 0.416 e. The third-order valence-corrected chi connectivity index (χ3v) is 13.6. The summed E-state index contributed by atoms with van der Waals surface area (Å²) in [6.45, 7) is 13.4. The molecule has 2 aliphatic rings. The number of alkyl halides is 3. The number of nitrogen functional groups attached to an aromatic ring is 2. The second-order valence-electron chi connectivity index (χ2n) is 17.3. The molecule has 13 heteroatoms. The first-order valence-electron chi connectivity index (χ1n) is 23.0. The smallest absolute Gasteiger partial charge is 0.397 e. The maximum absolute atomic E-state index is 13.0. The number of unbranched alkanes of at least 4 members (excludes halogenated alkanes) is 2. The highest BCUT2D eigenvalue weighted by Crippen LogP contribution is 2.34. The average molecular weight is 938 g/mol. The van der Waals surface area contributed by atoms with Crippen molar-refractivity contribution in [1.29, 1.82) is 0 Å². The number of rotatable bonds is 14. The lowest BCUT2D eigenvalue weighted by atomic mass is 10.0. The number of anilines is 4. The molecule has 0 unspecified atom stereocenters. The summed E-state index contributed by atoms with van der Waals surface area (Å²) in [5.74, 6) is 0. The Hall–Kier alpha value is -5.33. The number of benzene rings is 4.